The Morgan fingerprint density at radius 2 is 2.15 bits per heavy atom. The number of phenolic OH excluding ortho intramolecular Hbond substituents is 1. The second kappa shape index (κ2) is 4.58. The summed E-state index contributed by atoms with van der Waals surface area (Å²) in [4.78, 5) is 0. The summed E-state index contributed by atoms with van der Waals surface area (Å²) in [6, 6.07) is 3.03. The maximum Gasteiger partial charge on any atom is 0.166 e. The fourth-order valence-corrected chi connectivity index (χ4v) is 1.55. The minimum absolute atomic E-state index is 0.337. The molecule has 0 aliphatic heterocycles. The first-order valence-electron chi connectivity index (χ1n) is 4.02. The number of aryl methyl sites for hydroxylation is 1. The van der Waals surface area contributed by atoms with Crippen LogP contribution in [0.5, 0.6) is 5.75 Å². The molecule has 1 aromatic carbocycles. The molecule has 0 spiro atoms. The van der Waals surface area contributed by atoms with E-state index in [0.29, 0.717) is 11.0 Å². The van der Waals surface area contributed by atoms with Crippen LogP contribution in [0.1, 0.15) is 12.0 Å². The second-order valence-electron chi connectivity index (χ2n) is 2.80. The molecule has 0 heterocycles. The SMILES string of the molecule is NCCCc1cc(F)c(O)c(Br)c1. The van der Waals surface area contributed by atoms with Crippen LogP contribution in [-0.2, 0) is 6.42 Å². The lowest BCUT2D eigenvalue weighted by Crippen LogP contribution is -2.00. The van der Waals surface area contributed by atoms with Gasteiger partial charge in [0, 0.05) is 0 Å². The van der Waals surface area contributed by atoms with Gasteiger partial charge in [-0.15, -0.1) is 0 Å². The van der Waals surface area contributed by atoms with Crippen molar-refractivity contribution >= 4 is 15.9 Å². The molecule has 4 heteroatoms. The van der Waals surface area contributed by atoms with E-state index in [2.05, 4.69) is 15.9 Å². The first-order chi connectivity index (χ1) is 6.15. The van der Waals surface area contributed by atoms with Crippen LogP contribution < -0.4 is 5.73 Å². The van der Waals surface area contributed by atoms with Crippen molar-refractivity contribution in [2.24, 2.45) is 5.73 Å². The Balaban J connectivity index is 2.86. The number of aromatic hydroxyl groups is 1. The quantitative estimate of drug-likeness (QED) is 0.861. The van der Waals surface area contributed by atoms with Crippen LogP contribution in [0.4, 0.5) is 4.39 Å². The molecule has 0 bridgehead atoms. The Bertz CT molecular complexity index is 281. The molecule has 0 unspecified atom stereocenters. The summed E-state index contributed by atoms with van der Waals surface area (Å²) in [5, 5.41) is 9.11. The molecular formula is C9H11BrFNO. The number of phenols is 1. The molecule has 0 aliphatic carbocycles. The van der Waals surface area contributed by atoms with Gasteiger partial charge in [0.05, 0.1) is 4.47 Å². The minimum Gasteiger partial charge on any atom is -0.504 e. The molecule has 0 saturated carbocycles. The average molecular weight is 248 g/mol. The van der Waals surface area contributed by atoms with Gasteiger partial charge in [0.25, 0.3) is 0 Å². The summed E-state index contributed by atoms with van der Waals surface area (Å²) in [6.45, 7) is 0.583. The van der Waals surface area contributed by atoms with E-state index < -0.39 is 5.82 Å². The van der Waals surface area contributed by atoms with Gasteiger partial charge in [-0.2, -0.15) is 0 Å². The molecule has 0 fully saturated rings. The van der Waals surface area contributed by atoms with E-state index in [-0.39, 0.29) is 5.75 Å². The molecule has 1 aromatic rings. The highest BCUT2D eigenvalue weighted by molar-refractivity contribution is 9.10. The third kappa shape index (κ3) is 2.67. The number of hydrogen-bond acceptors (Lipinski definition) is 2. The van der Waals surface area contributed by atoms with Crippen molar-refractivity contribution in [3.63, 3.8) is 0 Å². The molecule has 3 N–H and O–H groups in total. The van der Waals surface area contributed by atoms with E-state index in [1.807, 2.05) is 0 Å². The molecule has 0 radical (unpaired) electrons. The standard InChI is InChI=1S/C9H11BrFNO/c10-7-4-6(2-1-3-12)5-8(11)9(7)13/h4-5,13H,1-3,12H2. The second-order valence-corrected chi connectivity index (χ2v) is 3.65. The lowest BCUT2D eigenvalue weighted by Gasteiger charge is -2.03. The molecule has 0 aliphatic rings. The van der Waals surface area contributed by atoms with Crippen molar-refractivity contribution in [1.82, 2.24) is 0 Å². The highest BCUT2D eigenvalue weighted by atomic mass is 79.9. The first kappa shape index (κ1) is 10.5. The van der Waals surface area contributed by atoms with E-state index in [1.54, 1.807) is 6.07 Å². The van der Waals surface area contributed by atoms with Gasteiger partial charge in [-0.1, -0.05) is 0 Å². The topological polar surface area (TPSA) is 46.2 Å². The van der Waals surface area contributed by atoms with E-state index in [1.165, 1.54) is 6.07 Å². The number of nitrogens with two attached hydrogens (primary N) is 1. The predicted molar refractivity (Wildman–Crippen MR) is 53.1 cm³/mol. The molecule has 72 valence electrons. The average Bonchev–Trinajstić information content (AvgIpc) is 2.10. The van der Waals surface area contributed by atoms with Gasteiger partial charge < -0.3 is 10.8 Å². The number of hydrogen-bond donors (Lipinski definition) is 2. The molecule has 0 saturated heterocycles. The van der Waals surface area contributed by atoms with Gasteiger partial charge >= 0.3 is 0 Å². The maximum atomic E-state index is 13.0. The summed E-state index contributed by atoms with van der Waals surface area (Å²) in [5.41, 5.74) is 6.17. The number of rotatable bonds is 3. The molecule has 0 amide bonds. The highest BCUT2D eigenvalue weighted by Crippen LogP contribution is 2.28. The fourth-order valence-electron chi connectivity index (χ4n) is 1.07. The van der Waals surface area contributed by atoms with E-state index >= 15 is 0 Å². The zero-order valence-corrected chi connectivity index (χ0v) is 8.64. The van der Waals surface area contributed by atoms with Gasteiger partial charge in [0.15, 0.2) is 11.6 Å². The Morgan fingerprint density at radius 1 is 1.46 bits per heavy atom. The van der Waals surface area contributed by atoms with Crippen molar-refractivity contribution in [1.29, 1.82) is 0 Å². The molecule has 0 atom stereocenters. The summed E-state index contributed by atoms with van der Waals surface area (Å²) in [6.07, 6.45) is 1.54. The molecule has 13 heavy (non-hydrogen) atoms. The maximum absolute atomic E-state index is 13.0. The van der Waals surface area contributed by atoms with Crippen LogP contribution in [0.25, 0.3) is 0 Å². The van der Waals surface area contributed by atoms with Crippen LogP contribution in [0.3, 0.4) is 0 Å². The van der Waals surface area contributed by atoms with E-state index in [4.69, 9.17) is 10.8 Å². The molecule has 1 rings (SSSR count). The smallest absolute Gasteiger partial charge is 0.166 e. The van der Waals surface area contributed by atoms with Gasteiger partial charge in [-0.05, 0) is 53.0 Å². The zero-order chi connectivity index (χ0) is 9.84. The van der Waals surface area contributed by atoms with Crippen molar-refractivity contribution in [3.8, 4) is 5.75 Å². The monoisotopic (exact) mass is 247 g/mol. The van der Waals surface area contributed by atoms with Gasteiger partial charge in [0.1, 0.15) is 0 Å². The first-order valence-corrected chi connectivity index (χ1v) is 4.81. The summed E-state index contributed by atoms with van der Waals surface area (Å²) in [5.74, 6) is -0.933. The molecular weight excluding hydrogens is 237 g/mol. The third-order valence-corrected chi connectivity index (χ3v) is 2.35. The predicted octanol–water partition coefficient (Wildman–Crippen LogP) is 2.19. The fraction of sp³-hybridized carbons (Fsp3) is 0.333. The van der Waals surface area contributed by atoms with Crippen molar-refractivity contribution in [2.45, 2.75) is 12.8 Å². The highest BCUT2D eigenvalue weighted by Gasteiger charge is 2.06. The number of benzene rings is 1. The van der Waals surface area contributed by atoms with E-state index in [0.717, 1.165) is 18.4 Å². The lowest BCUT2D eigenvalue weighted by atomic mass is 10.1. The van der Waals surface area contributed by atoms with E-state index in [9.17, 15) is 4.39 Å². The lowest BCUT2D eigenvalue weighted by molar-refractivity contribution is 0.428. The zero-order valence-electron chi connectivity index (χ0n) is 7.06. The Kier molecular flexibility index (Phi) is 3.69. The third-order valence-electron chi connectivity index (χ3n) is 1.75. The summed E-state index contributed by atoms with van der Waals surface area (Å²) in [7, 11) is 0. The Hall–Kier alpha value is -0.610. The van der Waals surface area contributed by atoms with Crippen LogP contribution in [-0.4, -0.2) is 11.7 Å². The van der Waals surface area contributed by atoms with Crippen LogP contribution in [0.15, 0.2) is 16.6 Å². The van der Waals surface area contributed by atoms with Crippen LogP contribution >= 0.6 is 15.9 Å². The minimum atomic E-state index is -0.596. The van der Waals surface area contributed by atoms with Gasteiger partial charge in [-0.25, -0.2) is 4.39 Å². The van der Waals surface area contributed by atoms with Crippen LogP contribution in [0, 0.1) is 5.82 Å². The molecule has 0 aromatic heterocycles. The summed E-state index contributed by atoms with van der Waals surface area (Å²) >= 11 is 3.07. The van der Waals surface area contributed by atoms with Crippen molar-refractivity contribution in [3.05, 3.63) is 28.0 Å². The van der Waals surface area contributed by atoms with Crippen molar-refractivity contribution < 1.29 is 9.50 Å². The Morgan fingerprint density at radius 3 is 2.69 bits per heavy atom. The van der Waals surface area contributed by atoms with Crippen molar-refractivity contribution in [2.75, 3.05) is 6.54 Å². The Labute approximate surface area is 84.7 Å². The largest absolute Gasteiger partial charge is 0.504 e. The molecule has 2 nitrogen and oxygen atoms in total. The normalized spacial score (nSPS) is 10.4. The van der Waals surface area contributed by atoms with Crippen LogP contribution in [0.2, 0.25) is 0 Å². The van der Waals surface area contributed by atoms with Gasteiger partial charge in [0.2, 0.25) is 0 Å². The number of halogens is 2. The van der Waals surface area contributed by atoms with Gasteiger partial charge in [-0.3, -0.25) is 0 Å². The summed E-state index contributed by atoms with van der Waals surface area (Å²) < 4.78 is 13.3.